The minimum absolute atomic E-state index is 0.0213. The minimum Gasteiger partial charge on any atom is -0.469 e. The topological polar surface area (TPSA) is 137 Å². The van der Waals surface area contributed by atoms with Crippen LogP contribution in [0.2, 0.25) is 0 Å². The molecule has 118 valence electrons. The van der Waals surface area contributed by atoms with E-state index in [2.05, 4.69) is 15.3 Å². The van der Waals surface area contributed by atoms with Gasteiger partial charge in [-0.25, -0.2) is 0 Å². The summed E-state index contributed by atoms with van der Waals surface area (Å²) < 4.78 is 4.48. The van der Waals surface area contributed by atoms with Crippen molar-refractivity contribution in [1.29, 1.82) is 0 Å². The molecule has 0 amide bonds. The van der Waals surface area contributed by atoms with Crippen molar-refractivity contribution in [3.63, 3.8) is 0 Å². The van der Waals surface area contributed by atoms with Gasteiger partial charge in [-0.1, -0.05) is 0 Å². The van der Waals surface area contributed by atoms with Gasteiger partial charge in [0.15, 0.2) is 0 Å². The van der Waals surface area contributed by atoms with Crippen LogP contribution in [0.4, 0.5) is 17.1 Å². The molecule has 0 spiro atoms. The zero-order chi connectivity index (χ0) is 16.7. The third-order valence-corrected chi connectivity index (χ3v) is 2.67. The summed E-state index contributed by atoms with van der Waals surface area (Å²) in [6, 6.07) is 3.18. The third-order valence-electron chi connectivity index (χ3n) is 2.67. The van der Waals surface area contributed by atoms with Gasteiger partial charge in [0.2, 0.25) is 0 Å². The fourth-order valence-electron chi connectivity index (χ4n) is 1.48. The van der Waals surface area contributed by atoms with Crippen molar-refractivity contribution in [3.8, 4) is 0 Å². The van der Waals surface area contributed by atoms with Crippen molar-refractivity contribution in [3.05, 3.63) is 38.4 Å². The number of nitrogens with one attached hydrogen (secondary N) is 1. The lowest BCUT2D eigenvalue weighted by Crippen LogP contribution is -2.05. The Hall–Kier alpha value is -3.04. The highest BCUT2D eigenvalue weighted by atomic mass is 16.6. The number of hydrogen-bond donors (Lipinski definition) is 1. The molecule has 1 rings (SSSR count). The van der Waals surface area contributed by atoms with Crippen LogP contribution in [0.1, 0.15) is 19.8 Å². The molecule has 1 aromatic carbocycles. The van der Waals surface area contributed by atoms with E-state index < -0.39 is 21.5 Å². The number of carbonyl (C=O) groups is 1. The number of nitrogens with zero attached hydrogens (tertiary/aromatic N) is 3. The lowest BCUT2D eigenvalue weighted by molar-refractivity contribution is -0.393. The lowest BCUT2D eigenvalue weighted by Gasteiger charge is -2.04. The van der Waals surface area contributed by atoms with Crippen LogP contribution in [-0.2, 0) is 9.53 Å². The van der Waals surface area contributed by atoms with Gasteiger partial charge >= 0.3 is 11.7 Å². The van der Waals surface area contributed by atoms with E-state index in [0.717, 1.165) is 12.1 Å². The molecule has 0 aliphatic heterocycles. The Morgan fingerprint density at radius 1 is 1.27 bits per heavy atom. The number of anilines is 1. The quantitative estimate of drug-likeness (QED) is 0.353. The van der Waals surface area contributed by atoms with Gasteiger partial charge in [0, 0.05) is 11.8 Å². The van der Waals surface area contributed by atoms with Gasteiger partial charge in [-0.2, -0.15) is 5.10 Å². The molecule has 1 N–H and O–H groups in total. The summed E-state index contributed by atoms with van der Waals surface area (Å²) in [4.78, 5) is 31.1. The first kappa shape index (κ1) is 17.0. The van der Waals surface area contributed by atoms with Gasteiger partial charge in [0.25, 0.3) is 5.69 Å². The molecule has 0 atom stereocenters. The Morgan fingerprint density at radius 3 is 2.50 bits per heavy atom. The summed E-state index contributed by atoms with van der Waals surface area (Å²) in [5.41, 5.74) is 2.18. The standard InChI is InChI=1S/C12H14N4O6/c1-8(3-6-12(17)22-2)13-14-10-5-4-9(15(18)19)7-11(10)16(20)21/h4-5,7,14H,3,6H2,1-2H3/b13-8+. The Balaban J connectivity index is 2.86. The van der Waals surface area contributed by atoms with Crippen molar-refractivity contribution >= 4 is 28.7 Å². The SMILES string of the molecule is COC(=O)CC/C(C)=N/Nc1ccc([N+](=O)[O-])cc1[N+](=O)[O-]. The highest BCUT2D eigenvalue weighted by Crippen LogP contribution is 2.28. The summed E-state index contributed by atoms with van der Waals surface area (Å²) >= 11 is 0. The third kappa shape index (κ3) is 4.81. The maximum atomic E-state index is 11.0. The van der Waals surface area contributed by atoms with Crippen LogP contribution in [0, 0.1) is 20.2 Å². The van der Waals surface area contributed by atoms with Crippen LogP contribution in [0.3, 0.4) is 0 Å². The summed E-state index contributed by atoms with van der Waals surface area (Å²) in [6.07, 6.45) is 0.455. The molecule has 10 heteroatoms. The smallest absolute Gasteiger partial charge is 0.305 e. The zero-order valence-corrected chi connectivity index (χ0v) is 11.9. The molecule has 0 fully saturated rings. The van der Waals surface area contributed by atoms with Gasteiger partial charge in [-0.3, -0.25) is 30.4 Å². The van der Waals surface area contributed by atoms with Crippen LogP contribution in [0.15, 0.2) is 23.3 Å². The number of hydrazone groups is 1. The normalized spacial score (nSPS) is 10.9. The first-order chi connectivity index (χ1) is 10.3. The van der Waals surface area contributed by atoms with E-state index in [1.807, 2.05) is 0 Å². The molecule has 0 saturated carbocycles. The second-order valence-electron chi connectivity index (χ2n) is 4.25. The van der Waals surface area contributed by atoms with E-state index in [1.165, 1.54) is 13.2 Å². The number of rotatable bonds is 7. The fourth-order valence-corrected chi connectivity index (χ4v) is 1.48. The molecule has 0 saturated heterocycles. The van der Waals surface area contributed by atoms with Crippen molar-refractivity contribution in [2.75, 3.05) is 12.5 Å². The second-order valence-corrected chi connectivity index (χ2v) is 4.25. The minimum atomic E-state index is -0.741. The Labute approximate surface area is 125 Å². The van der Waals surface area contributed by atoms with Crippen molar-refractivity contribution < 1.29 is 19.4 Å². The van der Waals surface area contributed by atoms with E-state index >= 15 is 0 Å². The van der Waals surface area contributed by atoms with Crippen LogP contribution in [-0.4, -0.2) is 28.6 Å². The summed E-state index contributed by atoms with van der Waals surface area (Å²) in [5, 5.41) is 25.5. The van der Waals surface area contributed by atoms with Crippen LogP contribution >= 0.6 is 0 Å². The number of benzene rings is 1. The molecule has 10 nitrogen and oxygen atoms in total. The van der Waals surface area contributed by atoms with E-state index in [4.69, 9.17) is 0 Å². The Bertz CT molecular complexity index is 628. The van der Waals surface area contributed by atoms with E-state index in [9.17, 15) is 25.0 Å². The number of hydrogen-bond acceptors (Lipinski definition) is 8. The average Bonchev–Trinajstić information content (AvgIpc) is 2.49. The molecular formula is C12H14N4O6. The zero-order valence-electron chi connectivity index (χ0n) is 11.9. The molecule has 1 aromatic rings. The predicted octanol–water partition coefficient (Wildman–Crippen LogP) is 2.24. The molecule has 0 heterocycles. The number of nitro benzene ring substituents is 2. The molecular weight excluding hydrogens is 296 g/mol. The van der Waals surface area contributed by atoms with Crippen molar-refractivity contribution in [1.82, 2.24) is 0 Å². The van der Waals surface area contributed by atoms with Crippen molar-refractivity contribution in [2.45, 2.75) is 19.8 Å². The maximum Gasteiger partial charge on any atom is 0.305 e. The van der Waals surface area contributed by atoms with Gasteiger partial charge in [0.1, 0.15) is 5.69 Å². The predicted molar refractivity (Wildman–Crippen MR) is 77.7 cm³/mol. The maximum absolute atomic E-state index is 11.0. The number of esters is 1. The van der Waals surface area contributed by atoms with Crippen LogP contribution in [0.25, 0.3) is 0 Å². The number of methoxy groups -OCH3 is 1. The van der Waals surface area contributed by atoms with Gasteiger partial charge < -0.3 is 4.74 Å². The number of carbonyl (C=O) groups excluding carboxylic acids is 1. The van der Waals surface area contributed by atoms with Gasteiger partial charge in [-0.05, 0) is 19.4 Å². The molecule has 0 aliphatic rings. The monoisotopic (exact) mass is 310 g/mol. The highest BCUT2D eigenvalue weighted by molar-refractivity contribution is 5.86. The molecule has 0 radical (unpaired) electrons. The van der Waals surface area contributed by atoms with Gasteiger partial charge in [0.05, 0.1) is 29.4 Å². The van der Waals surface area contributed by atoms with E-state index in [0.29, 0.717) is 12.1 Å². The number of ether oxygens (including phenoxy) is 1. The summed E-state index contributed by atoms with van der Waals surface area (Å²) in [5.74, 6) is -0.393. The fraction of sp³-hybridized carbons (Fsp3) is 0.333. The average molecular weight is 310 g/mol. The van der Waals surface area contributed by atoms with Crippen LogP contribution in [0.5, 0.6) is 0 Å². The molecule has 0 bridgehead atoms. The molecule has 22 heavy (non-hydrogen) atoms. The highest BCUT2D eigenvalue weighted by Gasteiger charge is 2.19. The Morgan fingerprint density at radius 2 is 1.95 bits per heavy atom. The Kier molecular flexibility index (Phi) is 5.93. The lowest BCUT2D eigenvalue weighted by atomic mass is 10.2. The van der Waals surface area contributed by atoms with Crippen LogP contribution < -0.4 is 5.43 Å². The van der Waals surface area contributed by atoms with Gasteiger partial charge in [-0.15, -0.1) is 0 Å². The molecule has 0 aromatic heterocycles. The van der Waals surface area contributed by atoms with E-state index in [-0.39, 0.29) is 17.8 Å². The number of non-ortho nitro benzene ring substituents is 1. The second kappa shape index (κ2) is 7.67. The number of nitro groups is 2. The molecule has 0 aliphatic carbocycles. The first-order valence-electron chi connectivity index (χ1n) is 6.14. The van der Waals surface area contributed by atoms with E-state index in [1.54, 1.807) is 6.92 Å². The molecule has 0 unspecified atom stereocenters. The largest absolute Gasteiger partial charge is 0.469 e. The summed E-state index contributed by atoms with van der Waals surface area (Å²) in [6.45, 7) is 1.63. The van der Waals surface area contributed by atoms with Crippen molar-refractivity contribution in [2.24, 2.45) is 5.10 Å². The summed E-state index contributed by atoms with van der Waals surface area (Å²) in [7, 11) is 1.27. The first-order valence-corrected chi connectivity index (χ1v) is 6.14.